The molecule has 0 aliphatic carbocycles. The molecule has 2 nitrogen and oxygen atoms in total. The number of nitrogens with one attached hydrogen (secondary N) is 1. The minimum atomic E-state index is -0.211. The molecular formula is C16H18ClNO. The highest BCUT2D eigenvalue weighted by atomic mass is 35.5. The molecule has 0 aromatic heterocycles. The number of ether oxygens (including phenoxy) is 1. The summed E-state index contributed by atoms with van der Waals surface area (Å²) < 4.78 is 5.18. The Bertz CT molecular complexity index is 549. The van der Waals surface area contributed by atoms with Crippen molar-refractivity contribution in [2.75, 3.05) is 12.4 Å². The Hall–Kier alpha value is -1.67. The zero-order chi connectivity index (χ0) is 13.9. The van der Waals surface area contributed by atoms with Gasteiger partial charge in [-0.3, -0.25) is 0 Å². The first kappa shape index (κ1) is 13.8. The van der Waals surface area contributed by atoms with E-state index in [-0.39, 0.29) is 5.54 Å². The molecule has 19 heavy (non-hydrogen) atoms. The van der Waals surface area contributed by atoms with Crippen molar-refractivity contribution in [1.29, 1.82) is 0 Å². The Morgan fingerprint density at radius 1 is 1.00 bits per heavy atom. The Kier molecular flexibility index (Phi) is 4.01. The van der Waals surface area contributed by atoms with Gasteiger partial charge < -0.3 is 10.1 Å². The second-order valence-electron chi connectivity index (χ2n) is 4.96. The average Bonchev–Trinajstić information content (AvgIpc) is 2.41. The smallest absolute Gasteiger partial charge is 0.118 e. The molecule has 2 rings (SSSR count). The van der Waals surface area contributed by atoms with Crippen LogP contribution in [0.3, 0.4) is 0 Å². The van der Waals surface area contributed by atoms with Gasteiger partial charge in [0.05, 0.1) is 23.4 Å². The summed E-state index contributed by atoms with van der Waals surface area (Å²) in [4.78, 5) is 0. The Morgan fingerprint density at radius 2 is 1.63 bits per heavy atom. The fourth-order valence-electron chi connectivity index (χ4n) is 1.98. The van der Waals surface area contributed by atoms with Gasteiger partial charge in [0.1, 0.15) is 5.75 Å². The third-order valence-electron chi connectivity index (χ3n) is 3.13. The molecule has 0 fully saturated rings. The molecule has 0 atom stereocenters. The summed E-state index contributed by atoms with van der Waals surface area (Å²) in [6.45, 7) is 4.25. The molecule has 0 saturated heterocycles. The van der Waals surface area contributed by atoms with Crippen molar-refractivity contribution in [3.8, 4) is 5.75 Å². The summed E-state index contributed by atoms with van der Waals surface area (Å²) in [6, 6.07) is 15.8. The van der Waals surface area contributed by atoms with Crippen LogP contribution in [0.5, 0.6) is 5.75 Å². The first-order chi connectivity index (χ1) is 9.03. The minimum absolute atomic E-state index is 0.211. The largest absolute Gasteiger partial charge is 0.497 e. The van der Waals surface area contributed by atoms with Crippen molar-refractivity contribution in [3.05, 3.63) is 59.1 Å². The predicted molar refractivity (Wildman–Crippen MR) is 81.1 cm³/mol. The molecule has 0 aliphatic heterocycles. The topological polar surface area (TPSA) is 21.3 Å². The summed E-state index contributed by atoms with van der Waals surface area (Å²) in [7, 11) is 1.67. The van der Waals surface area contributed by atoms with E-state index in [0.29, 0.717) is 0 Å². The SMILES string of the molecule is COc1ccc(C(C)(C)Nc2ccccc2Cl)cc1. The summed E-state index contributed by atoms with van der Waals surface area (Å²) >= 11 is 6.18. The Balaban J connectivity index is 2.24. The minimum Gasteiger partial charge on any atom is -0.497 e. The number of halogens is 1. The van der Waals surface area contributed by atoms with Gasteiger partial charge in [0.15, 0.2) is 0 Å². The van der Waals surface area contributed by atoms with Crippen LogP contribution in [-0.2, 0) is 5.54 Å². The predicted octanol–water partition coefficient (Wildman–Crippen LogP) is 4.70. The molecule has 3 heteroatoms. The van der Waals surface area contributed by atoms with Crippen LogP contribution in [-0.4, -0.2) is 7.11 Å². The van der Waals surface area contributed by atoms with Crippen LogP contribution in [0.25, 0.3) is 0 Å². The molecule has 0 saturated carbocycles. The normalized spacial score (nSPS) is 11.2. The first-order valence-corrected chi connectivity index (χ1v) is 6.58. The van der Waals surface area contributed by atoms with E-state index in [0.717, 1.165) is 16.5 Å². The average molecular weight is 276 g/mol. The van der Waals surface area contributed by atoms with E-state index in [9.17, 15) is 0 Å². The highest BCUT2D eigenvalue weighted by Gasteiger charge is 2.20. The van der Waals surface area contributed by atoms with E-state index >= 15 is 0 Å². The van der Waals surface area contributed by atoms with Gasteiger partial charge in [0, 0.05) is 0 Å². The van der Waals surface area contributed by atoms with Gasteiger partial charge in [0.25, 0.3) is 0 Å². The molecule has 1 N–H and O–H groups in total. The molecule has 0 spiro atoms. The van der Waals surface area contributed by atoms with Gasteiger partial charge in [-0.05, 0) is 43.7 Å². The lowest BCUT2D eigenvalue weighted by Crippen LogP contribution is -2.27. The van der Waals surface area contributed by atoms with E-state index in [1.165, 1.54) is 5.56 Å². The van der Waals surface area contributed by atoms with Gasteiger partial charge in [-0.1, -0.05) is 35.9 Å². The molecule has 0 unspecified atom stereocenters. The Labute approximate surface area is 119 Å². The monoisotopic (exact) mass is 275 g/mol. The van der Waals surface area contributed by atoms with Crippen LogP contribution < -0.4 is 10.1 Å². The van der Waals surface area contributed by atoms with Gasteiger partial charge in [-0.25, -0.2) is 0 Å². The standard InChI is InChI=1S/C16H18ClNO/c1-16(2,12-8-10-13(19-3)11-9-12)18-15-7-5-4-6-14(15)17/h4-11,18H,1-3H3. The number of anilines is 1. The molecule has 0 aliphatic rings. The molecule has 0 radical (unpaired) electrons. The van der Waals surface area contributed by atoms with Crippen LogP contribution in [0, 0.1) is 0 Å². The maximum absolute atomic E-state index is 6.18. The summed E-state index contributed by atoms with van der Waals surface area (Å²) in [5, 5.41) is 4.19. The lowest BCUT2D eigenvalue weighted by molar-refractivity contribution is 0.414. The zero-order valence-corrected chi connectivity index (χ0v) is 12.2. The number of para-hydroxylation sites is 1. The molecule has 0 heterocycles. The summed E-state index contributed by atoms with van der Waals surface area (Å²) in [6.07, 6.45) is 0. The van der Waals surface area contributed by atoms with Crippen LogP contribution in [0.15, 0.2) is 48.5 Å². The number of methoxy groups -OCH3 is 1. The fourth-order valence-corrected chi connectivity index (χ4v) is 2.16. The van der Waals surface area contributed by atoms with E-state index in [1.54, 1.807) is 7.11 Å². The van der Waals surface area contributed by atoms with Crippen molar-refractivity contribution in [2.45, 2.75) is 19.4 Å². The number of hydrogen-bond acceptors (Lipinski definition) is 2. The maximum atomic E-state index is 6.18. The number of rotatable bonds is 4. The van der Waals surface area contributed by atoms with Gasteiger partial charge in [-0.2, -0.15) is 0 Å². The maximum Gasteiger partial charge on any atom is 0.118 e. The first-order valence-electron chi connectivity index (χ1n) is 6.20. The Morgan fingerprint density at radius 3 is 2.21 bits per heavy atom. The number of hydrogen-bond donors (Lipinski definition) is 1. The lowest BCUT2D eigenvalue weighted by Gasteiger charge is -2.29. The molecule has 0 bridgehead atoms. The van der Waals surface area contributed by atoms with Crippen molar-refractivity contribution in [2.24, 2.45) is 0 Å². The molecule has 2 aromatic carbocycles. The van der Waals surface area contributed by atoms with E-state index in [2.05, 4.69) is 31.3 Å². The van der Waals surface area contributed by atoms with Crippen LogP contribution in [0.1, 0.15) is 19.4 Å². The second kappa shape index (κ2) is 5.54. The highest BCUT2D eigenvalue weighted by molar-refractivity contribution is 6.33. The van der Waals surface area contributed by atoms with Gasteiger partial charge in [0.2, 0.25) is 0 Å². The third kappa shape index (κ3) is 3.21. The number of benzene rings is 2. The quantitative estimate of drug-likeness (QED) is 0.873. The van der Waals surface area contributed by atoms with Crippen molar-refractivity contribution >= 4 is 17.3 Å². The highest BCUT2D eigenvalue weighted by Crippen LogP contribution is 2.30. The molecule has 0 amide bonds. The van der Waals surface area contributed by atoms with Crippen molar-refractivity contribution < 1.29 is 4.74 Å². The van der Waals surface area contributed by atoms with Gasteiger partial charge in [-0.15, -0.1) is 0 Å². The van der Waals surface area contributed by atoms with Crippen molar-refractivity contribution in [3.63, 3.8) is 0 Å². The van der Waals surface area contributed by atoms with E-state index in [1.807, 2.05) is 36.4 Å². The molecule has 2 aromatic rings. The van der Waals surface area contributed by atoms with E-state index in [4.69, 9.17) is 16.3 Å². The fraction of sp³-hybridized carbons (Fsp3) is 0.250. The molecular weight excluding hydrogens is 258 g/mol. The van der Waals surface area contributed by atoms with Crippen molar-refractivity contribution in [1.82, 2.24) is 0 Å². The summed E-state index contributed by atoms with van der Waals surface area (Å²) in [5.41, 5.74) is 1.90. The zero-order valence-electron chi connectivity index (χ0n) is 11.4. The van der Waals surface area contributed by atoms with Crippen LogP contribution in [0.2, 0.25) is 5.02 Å². The van der Waals surface area contributed by atoms with E-state index < -0.39 is 0 Å². The van der Waals surface area contributed by atoms with Gasteiger partial charge >= 0.3 is 0 Å². The third-order valence-corrected chi connectivity index (χ3v) is 3.46. The summed E-state index contributed by atoms with van der Waals surface area (Å²) in [5.74, 6) is 0.859. The van der Waals surface area contributed by atoms with Crippen LogP contribution in [0.4, 0.5) is 5.69 Å². The molecule has 100 valence electrons. The second-order valence-corrected chi connectivity index (χ2v) is 5.37. The lowest BCUT2D eigenvalue weighted by atomic mass is 9.94. The van der Waals surface area contributed by atoms with Crippen LogP contribution >= 0.6 is 11.6 Å².